The van der Waals surface area contributed by atoms with Crippen molar-refractivity contribution in [3.8, 4) is 5.75 Å². The van der Waals surface area contributed by atoms with Crippen LogP contribution < -0.4 is 14.6 Å². The number of methoxy groups -OCH3 is 1. The molecule has 0 spiro atoms. The molecular weight excluding hydrogens is 318 g/mol. The molecule has 0 heterocycles. The Morgan fingerprint density at radius 3 is 2.24 bits per heavy atom. The topological polar surface area (TPSA) is 119 Å². The van der Waals surface area contributed by atoms with Crippen molar-refractivity contribution < 1.29 is 21.6 Å². The molecule has 0 unspecified atom stereocenters. The Kier molecular flexibility index (Phi) is 5.20. The first-order valence-electron chi connectivity index (χ1n) is 5.95. The van der Waals surface area contributed by atoms with Crippen molar-refractivity contribution in [2.45, 2.75) is 24.8 Å². The number of sulfonamides is 1. The summed E-state index contributed by atoms with van der Waals surface area (Å²) in [5, 5.41) is 5.08. The quantitative estimate of drug-likeness (QED) is 0.776. The third kappa shape index (κ3) is 4.30. The van der Waals surface area contributed by atoms with Gasteiger partial charge in [-0.3, -0.25) is 4.72 Å². The minimum absolute atomic E-state index is 0.0395. The Labute approximate surface area is 125 Å². The lowest BCUT2D eigenvalue weighted by atomic mass is 10.3. The van der Waals surface area contributed by atoms with Crippen LogP contribution in [0.3, 0.4) is 0 Å². The van der Waals surface area contributed by atoms with E-state index in [2.05, 4.69) is 4.72 Å². The number of rotatable bonds is 6. The predicted molar refractivity (Wildman–Crippen MR) is 79.8 cm³/mol. The molecule has 120 valence electrons. The Bertz CT molecular complexity index is 713. The van der Waals surface area contributed by atoms with E-state index in [0.717, 1.165) is 10.4 Å². The number of benzene rings is 1. The van der Waals surface area contributed by atoms with Crippen LogP contribution in [0.1, 0.15) is 13.8 Å². The van der Waals surface area contributed by atoms with Crippen LogP contribution in [-0.2, 0) is 20.2 Å². The van der Waals surface area contributed by atoms with Crippen LogP contribution in [0.25, 0.3) is 0 Å². The summed E-state index contributed by atoms with van der Waals surface area (Å²) >= 11 is 0. The zero-order valence-corrected chi connectivity index (χ0v) is 13.8. The largest absolute Gasteiger partial charge is 0.495 e. The Balaban J connectivity index is 3.24. The minimum Gasteiger partial charge on any atom is -0.495 e. The summed E-state index contributed by atoms with van der Waals surface area (Å²) in [5.41, 5.74) is 0.0762. The van der Waals surface area contributed by atoms with Gasteiger partial charge in [0.1, 0.15) is 10.6 Å². The van der Waals surface area contributed by atoms with Crippen LogP contribution in [0, 0.1) is 0 Å². The summed E-state index contributed by atoms with van der Waals surface area (Å²) in [6.45, 7) is 3.42. The lowest BCUT2D eigenvalue weighted by Crippen LogP contribution is -2.37. The normalized spacial score (nSPS) is 12.7. The number of hydrogen-bond donors (Lipinski definition) is 2. The van der Waals surface area contributed by atoms with E-state index in [0.29, 0.717) is 0 Å². The van der Waals surface area contributed by atoms with Gasteiger partial charge in [0.2, 0.25) is 10.0 Å². The molecule has 0 saturated carbocycles. The lowest BCUT2D eigenvalue weighted by Gasteiger charge is -2.22. The molecule has 8 nitrogen and oxygen atoms in total. The number of nitrogens with two attached hydrogens (primary N) is 1. The summed E-state index contributed by atoms with van der Waals surface area (Å²) in [7, 11) is -5.12. The van der Waals surface area contributed by atoms with Gasteiger partial charge in [-0.15, -0.1) is 0 Å². The number of nitrogens with one attached hydrogen (secondary N) is 1. The molecule has 1 aromatic carbocycles. The molecule has 0 aliphatic rings. The van der Waals surface area contributed by atoms with Gasteiger partial charge in [-0.2, -0.15) is 12.7 Å². The minimum atomic E-state index is -4.03. The van der Waals surface area contributed by atoms with Crippen LogP contribution in [0.15, 0.2) is 23.1 Å². The van der Waals surface area contributed by atoms with Gasteiger partial charge in [0.15, 0.2) is 0 Å². The van der Waals surface area contributed by atoms with Crippen LogP contribution in [-0.4, -0.2) is 41.3 Å². The van der Waals surface area contributed by atoms with Gasteiger partial charge in [-0.05, 0) is 32.0 Å². The van der Waals surface area contributed by atoms with Gasteiger partial charge < -0.3 is 4.74 Å². The number of nitrogens with zero attached hydrogens (tertiary/aromatic N) is 1. The second-order valence-electron chi connectivity index (χ2n) is 4.63. The molecular formula is C11H19N3O5S2. The lowest BCUT2D eigenvalue weighted by molar-refractivity contribution is 0.402. The van der Waals surface area contributed by atoms with Crippen LogP contribution in [0.2, 0.25) is 0 Å². The van der Waals surface area contributed by atoms with Crippen molar-refractivity contribution in [2.24, 2.45) is 5.14 Å². The summed E-state index contributed by atoms with van der Waals surface area (Å²) in [5.74, 6) is 0.0395. The fraction of sp³-hybridized carbons (Fsp3) is 0.455. The van der Waals surface area contributed by atoms with E-state index >= 15 is 0 Å². The molecule has 0 atom stereocenters. The smallest absolute Gasteiger partial charge is 0.301 e. The van der Waals surface area contributed by atoms with Crippen molar-refractivity contribution in [3.05, 3.63) is 18.2 Å². The van der Waals surface area contributed by atoms with Gasteiger partial charge in [0.25, 0.3) is 0 Å². The van der Waals surface area contributed by atoms with E-state index in [1.165, 1.54) is 26.3 Å². The Hall–Kier alpha value is -1.36. The highest BCUT2D eigenvalue weighted by Crippen LogP contribution is 2.26. The SMILES string of the molecule is COc1ccc(NS(=O)(=O)N(C)C(C)C)cc1S(N)(=O)=O. The van der Waals surface area contributed by atoms with Crippen LogP contribution in [0.5, 0.6) is 5.75 Å². The Morgan fingerprint density at radius 1 is 1.24 bits per heavy atom. The van der Waals surface area contributed by atoms with Gasteiger partial charge in [0.05, 0.1) is 12.8 Å². The fourth-order valence-corrected chi connectivity index (χ4v) is 3.31. The molecule has 0 fully saturated rings. The maximum atomic E-state index is 12.1. The van der Waals surface area contributed by atoms with Gasteiger partial charge in [0, 0.05) is 13.1 Å². The summed E-state index contributed by atoms with van der Waals surface area (Å²) in [6, 6.07) is 3.57. The molecule has 0 amide bonds. The van der Waals surface area contributed by atoms with Gasteiger partial charge in [-0.1, -0.05) is 0 Å². The van der Waals surface area contributed by atoms with Crippen molar-refractivity contribution in [1.82, 2.24) is 4.31 Å². The first-order chi connectivity index (χ1) is 9.49. The fourth-order valence-electron chi connectivity index (χ4n) is 1.46. The van der Waals surface area contributed by atoms with E-state index in [4.69, 9.17) is 9.88 Å². The van der Waals surface area contributed by atoms with E-state index < -0.39 is 20.2 Å². The number of anilines is 1. The van der Waals surface area contributed by atoms with E-state index in [1.54, 1.807) is 13.8 Å². The zero-order valence-electron chi connectivity index (χ0n) is 12.2. The van der Waals surface area contributed by atoms with Crippen LogP contribution >= 0.6 is 0 Å². The standard InChI is InChI=1S/C11H19N3O5S2/c1-8(2)14(3)21(17,18)13-9-5-6-10(19-4)11(7-9)20(12,15)16/h5-8,13H,1-4H3,(H2,12,15,16). The van der Waals surface area contributed by atoms with E-state index in [-0.39, 0.29) is 22.4 Å². The average molecular weight is 337 g/mol. The molecule has 0 saturated heterocycles. The first-order valence-corrected chi connectivity index (χ1v) is 8.94. The van der Waals surface area contributed by atoms with Crippen LogP contribution in [0.4, 0.5) is 5.69 Å². The average Bonchev–Trinajstić information content (AvgIpc) is 2.36. The second kappa shape index (κ2) is 6.18. The highest BCUT2D eigenvalue weighted by Gasteiger charge is 2.22. The molecule has 21 heavy (non-hydrogen) atoms. The molecule has 1 rings (SSSR count). The molecule has 0 bridgehead atoms. The highest BCUT2D eigenvalue weighted by atomic mass is 32.2. The molecule has 0 aromatic heterocycles. The highest BCUT2D eigenvalue weighted by molar-refractivity contribution is 7.90. The van der Waals surface area contributed by atoms with E-state index in [9.17, 15) is 16.8 Å². The van der Waals surface area contributed by atoms with Crippen molar-refractivity contribution in [2.75, 3.05) is 18.9 Å². The van der Waals surface area contributed by atoms with E-state index in [1.807, 2.05) is 0 Å². The third-order valence-corrected chi connectivity index (χ3v) is 5.43. The second-order valence-corrected chi connectivity index (χ2v) is 7.89. The molecule has 0 radical (unpaired) electrons. The number of hydrogen-bond acceptors (Lipinski definition) is 5. The molecule has 0 aliphatic carbocycles. The molecule has 1 aromatic rings. The molecule has 10 heteroatoms. The summed E-state index contributed by atoms with van der Waals surface area (Å²) in [6.07, 6.45) is 0. The van der Waals surface area contributed by atoms with Gasteiger partial charge >= 0.3 is 10.2 Å². The predicted octanol–water partition coefficient (Wildman–Crippen LogP) is 0.339. The Morgan fingerprint density at radius 2 is 1.81 bits per heavy atom. The van der Waals surface area contributed by atoms with Gasteiger partial charge in [-0.25, -0.2) is 13.6 Å². The summed E-state index contributed by atoms with van der Waals surface area (Å²) in [4.78, 5) is -0.294. The number of primary sulfonamides is 1. The van der Waals surface area contributed by atoms with Crippen molar-refractivity contribution in [1.29, 1.82) is 0 Å². The maximum absolute atomic E-state index is 12.1. The zero-order chi connectivity index (χ0) is 16.4. The first kappa shape index (κ1) is 17.7. The third-order valence-electron chi connectivity index (χ3n) is 2.82. The summed E-state index contributed by atoms with van der Waals surface area (Å²) < 4.78 is 55.4. The molecule has 0 aliphatic heterocycles. The maximum Gasteiger partial charge on any atom is 0.301 e. The molecule has 3 N–H and O–H groups in total. The monoisotopic (exact) mass is 337 g/mol. The van der Waals surface area contributed by atoms with Crippen molar-refractivity contribution >= 4 is 25.9 Å². The number of ether oxygens (including phenoxy) is 1. The van der Waals surface area contributed by atoms with Crippen molar-refractivity contribution in [3.63, 3.8) is 0 Å².